The van der Waals surface area contributed by atoms with Crippen LogP contribution in [0.5, 0.6) is 11.6 Å². The molecule has 6 rings (SSSR count). The lowest BCUT2D eigenvalue weighted by atomic mass is 9.93. The summed E-state index contributed by atoms with van der Waals surface area (Å²) in [6.45, 7) is 16.4. The van der Waals surface area contributed by atoms with Crippen LogP contribution in [0.3, 0.4) is 0 Å². The summed E-state index contributed by atoms with van der Waals surface area (Å²) in [6.07, 6.45) is -6.71. The van der Waals surface area contributed by atoms with Gasteiger partial charge < -0.3 is 29.2 Å². The number of carbonyl (C=O) groups is 3. The molecule has 3 aliphatic rings. The highest BCUT2D eigenvalue weighted by atomic mass is 19.4. The quantitative estimate of drug-likeness (QED) is 0.249. The van der Waals surface area contributed by atoms with E-state index in [2.05, 4.69) is 20.4 Å². The van der Waals surface area contributed by atoms with E-state index in [1.165, 1.54) is 13.8 Å². The predicted molar refractivity (Wildman–Crippen MR) is 191 cm³/mol. The van der Waals surface area contributed by atoms with Crippen LogP contribution >= 0.6 is 0 Å². The number of nitrogens with one attached hydrogen (secondary N) is 2. The number of piperazine rings is 1. The molecule has 298 valence electrons. The van der Waals surface area contributed by atoms with Gasteiger partial charge in [-0.05, 0) is 81.2 Å². The first kappa shape index (κ1) is 39.5. The highest BCUT2D eigenvalue weighted by Crippen LogP contribution is 2.51. The molecule has 2 N–H and O–H groups in total. The van der Waals surface area contributed by atoms with Gasteiger partial charge in [0.25, 0.3) is 0 Å². The normalized spacial score (nSPS) is 22.1. The number of pyridine rings is 2. The number of aryl methyl sites for hydroxylation is 1. The number of benzene rings is 1. The van der Waals surface area contributed by atoms with E-state index in [1.807, 2.05) is 11.8 Å². The standard InChI is InChI=1S/C37H43F5N6O7/c1-16-23-24-30(46-29(16)43-18(3)49)47-15-36(10)12-11-22(48(36)33(51)55-35(7,8)9)27(47)17(2)52-31(24)45-26(25(23)39)20-13-19(44-32(50)54-34(4,5)6)14-21(38)28(20)53-37(40,41)42/h13-14,17,22,27H,11-12,15H2,1-10H3,(H,44,50)(H,43,46,49)/t17-,22-,27+,36+/m0/s1. The number of ether oxygens (including phenoxy) is 4. The van der Waals surface area contributed by atoms with Gasteiger partial charge >= 0.3 is 18.5 Å². The Balaban J connectivity index is 1.60. The lowest BCUT2D eigenvalue weighted by Crippen LogP contribution is -2.69. The number of fused-ring (bicyclic) bond motifs is 5. The summed E-state index contributed by atoms with van der Waals surface area (Å²) in [5.41, 5.74) is -4.54. The first-order chi connectivity index (χ1) is 25.3. The summed E-state index contributed by atoms with van der Waals surface area (Å²) in [5.74, 6) is -4.96. The van der Waals surface area contributed by atoms with E-state index in [-0.39, 0.29) is 40.4 Å². The zero-order valence-corrected chi connectivity index (χ0v) is 32.0. The second-order valence-corrected chi connectivity index (χ2v) is 16.3. The number of anilines is 3. The van der Waals surface area contributed by atoms with Crippen molar-refractivity contribution in [1.29, 1.82) is 0 Å². The maximum Gasteiger partial charge on any atom is 0.573 e. The van der Waals surface area contributed by atoms with E-state index in [1.54, 1.807) is 53.4 Å². The van der Waals surface area contributed by atoms with Crippen LogP contribution in [-0.4, -0.2) is 80.8 Å². The summed E-state index contributed by atoms with van der Waals surface area (Å²) < 4.78 is 95.8. The Bertz CT molecular complexity index is 2100. The summed E-state index contributed by atoms with van der Waals surface area (Å²) in [7, 11) is 0. The molecule has 2 aromatic heterocycles. The average Bonchev–Trinajstić information content (AvgIpc) is 3.19. The lowest BCUT2D eigenvalue weighted by Gasteiger charge is -2.52. The Labute approximate surface area is 313 Å². The van der Waals surface area contributed by atoms with Gasteiger partial charge in [-0.1, -0.05) is 0 Å². The van der Waals surface area contributed by atoms with E-state index >= 15 is 8.78 Å². The van der Waals surface area contributed by atoms with Gasteiger partial charge in [0.2, 0.25) is 11.8 Å². The topological polar surface area (TPSA) is 144 Å². The highest BCUT2D eigenvalue weighted by molar-refractivity contribution is 6.05. The molecule has 2 saturated heterocycles. The van der Waals surface area contributed by atoms with E-state index in [4.69, 9.17) is 19.2 Å². The maximum atomic E-state index is 17.3. The van der Waals surface area contributed by atoms with Crippen molar-refractivity contribution in [2.24, 2.45) is 0 Å². The number of carbonyl (C=O) groups excluding carboxylic acids is 3. The van der Waals surface area contributed by atoms with Gasteiger partial charge in [0.1, 0.15) is 34.6 Å². The predicted octanol–water partition coefficient (Wildman–Crippen LogP) is 8.22. The SMILES string of the molecule is CC(=O)Nc1nc2c3c(nc(-c4cc(NC(=O)OC(C)(C)C)cc(F)c4OC(F)(F)F)c(F)c3c1C)O[C@@H](C)[C@@H]1[C@@H]3CC[C@](C)(CN21)N3C(=O)OC(C)(C)C. The van der Waals surface area contributed by atoms with Gasteiger partial charge in [-0.25, -0.2) is 28.3 Å². The molecule has 55 heavy (non-hydrogen) atoms. The molecule has 4 atom stereocenters. The molecular formula is C37H43F5N6O7. The van der Waals surface area contributed by atoms with Crippen LogP contribution in [0, 0.1) is 18.6 Å². The third kappa shape index (κ3) is 7.59. The van der Waals surface area contributed by atoms with Crippen LogP contribution in [0.2, 0.25) is 0 Å². The molecule has 3 amide bonds. The smallest absolute Gasteiger partial charge is 0.472 e. The molecule has 5 heterocycles. The van der Waals surface area contributed by atoms with E-state index < -0.39 is 93.7 Å². The minimum Gasteiger partial charge on any atom is -0.472 e. The number of halogens is 5. The summed E-state index contributed by atoms with van der Waals surface area (Å²) in [4.78, 5) is 51.5. The molecule has 0 saturated carbocycles. The van der Waals surface area contributed by atoms with Gasteiger partial charge in [0.15, 0.2) is 17.4 Å². The second-order valence-electron chi connectivity index (χ2n) is 16.3. The Hall–Kier alpha value is -5.16. The van der Waals surface area contributed by atoms with Gasteiger partial charge in [-0.2, -0.15) is 0 Å². The Morgan fingerprint density at radius 3 is 2.24 bits per heavy atom. The van der Waals surface area contributed by atoms with Gasteiger partial charge in [-0.3, -0.25) is 15.0 Å². The third-order valence-corrected chi connectivity index (χ3v) is 9.53. The van der Waals surface area contributed by atoms with Crippen molar-refractivity contribution in [3.8, 4) is 22.9 Å². The fourth-order valence-corrected chi connectivity index (χ4v) is 7.67. The number of alkyl halides is 3. The Kier molecular flexibility index (Phi) is 9.53. The van der Waals surface area contributed by atoms with E-state index in [9.17, 15) is 27.6 Å². The molecule has 0 spiro atoms. The molecular weight excluding hydrogens is 735 g/mol. The number of hydrogen-bond acceptors (Lipinski definition) is 10. The fourth-order valence-electron chi connectivity index (χ4n) is 7.67. The summed E-state index contributed by atoms with van der Waals surface area (Å²) in [6, 6.07) is 0.302. The third-order valence-electron chi connectivity index (χ3n) is 9.53. The van der Waals surface area contributed by atoms with Crippen molar-refractivity contribution >= 4 is 46.2 Å². The molecule has 2 bridgehead atoms. The van der Waals surface area contributed by atoms with Crippen molar-refractivity contribution in [1.82, 2.24) is 14.9 Å². The Morgan fingerprint density at radius 2 is 1.64 bits per heavy atom. The minimum absolute atomic E-state index is 0.0396. The zero-order chi connectivity index (χ0) is 40.7. The van der Waals surface area contributed by atoms with Crippen LogP contribution in [0.1, 0.15) is 80.7 Å². The van der Waals surface area contributed by atoms with Crippen molar-refractivity contribution in [3.63, 3.8) is 0 Å². The van der Waals surface area contributed by atoms with E-state index in [0.29, 0.717) is 18.9 Å². The second kappa shape index (κ2) is 13.3. The fraction of sp³-hybridized carbons (Fsp3) is 0.541. The molecule has 2 fully saturated rings. The van der Waals surface area contributed by atoms with Crippen LogP contribution in [0.15, 0.2) is 12.1 Å². The number of hydrogen-bond donors (Lipinski definition) is 2. The largest absolute Gasteiger partial charge is 0.573 e. The van der Waals surface area contributed by atoms with Crippen molar-refractivity contribution in [2.45, 2.75) is 123 Å². The minimum atomic E-state index is -5.43. The number of amides is 3. The molecule has 13 nitrogen and oxygen atoms in total. The van der Waals surface area contributed by atoms with Crippen molar-refractivity contribution in [3.05, 3.63) is 29.3 Å². The molecule has 1 aromatic carbocycles. The number of aromatic nitrogens is 2. The first-order valence-corrected chi connectivity index (χ1v) is 17.6. The monoisotopic (exact) mass is 778 g/mol. The Morgan fingerprint density at radius 1 is 0.982 bits per heavy atom. The number of nitrogens with zero attached hydrogens (tertiary/aromatic N) is 4. The van der Waals surface area contributed by atoms with E-state index in [0.717, 1.165) is 6.07 Å². The van der Waals surface area contributed by atoms with Crippen LogP contribution in [0.4, 0.5) is 48.9 Å². The first-order valence-electron chi connectivity index (χ1n) is 17.6. The molecule has 3 aliphatic heterocycles. The van der Waals surface area contributed by atoms with Crippen LogP contribution < -0.4 is 25.0 Å². The molecule has 3 aromatic rings. The van der Waals surface area contributed by atoms with Crippen molar-refractivity contribution in [2.75, 3.05) is 22.1 Å². The molecule has 0 aliphatic carbocycles. The molecule has 18 heteroatoms. The maximum absolute atomic E-state index is 17.3. The lowest BCUT2D eigenvalue weighted by molar-refractivity contribution is -0.275. The van der Waals surface area contributed by atoms with Crippen LogP contribution in [-0.2, 0) is 14.3 Å². The molecule has 0 unspecified atom stereocenters. The van der Waals surface area contributed by atoms with Gasteiger partial charge in [0, 0.05) is 36.2 Å². The zero-order valence-electron chi connectivity index (χ0n) is 32.0. The highest BCUT2D eigenvalue weighted by Gasteiger charge is 2.59. The molecule has 0 radical (unpaired) electrons. The average molecular weight is 779 g/mol. The van der Waals surface area contributed by atoms with Gasteiger partial charge in [-0.15, -0.1) is 13.2 Å². The summed E-state index contributed by atoms with van der Waals surface area (Å²) >= 11 is 0. The van der Waals surface area contributed by atoms with Crippen molar-refractivity contribution < 1.29 is 55.3 Å². The number of rotatable bonds is 4. The van der Waals surface area contributed by atoms with Crippen LogP contribution in [0.25, 0.3) is 22.0 Å². The van der Waals surface area contributed by atoms with Gasteiger partial charge in [0.05, 0.1) is 28.6 Å². The summed E-state index contributed by atoms with van der Waals surface area (Å²) in [5, 5.41) is 4.67.